The maximum atomic E-state index is 11.2. The van der Waals surface area contributed by atoms with Crippen molar-refractivity contribution in [2.75, 3.05) is 13.7 Å². The van der Waals surface area contributed by atoms with E-state index in [9.17, 15) is 4.79 Å². The summed E-state index contributed by atoms with van der Waals surface area (Å²) < 4.78 is 4.90. The molecule has 2 bridgehead atoms. The summed E-state index contributed by atoms with van der Waals surface area (Å²) >= 11 is 0. The van der Waals surface area contributed by atoms with E-state index in [0.717, 1.165) is 25.2 Å². The average molecular weight is 319 g/mol. The predicted molar refractivity (Wildman–Crippen MR) is 90.8 cm³/mol. The van der Waals surface area contributed by atoms with Gasteiger partial charge in [-0.15, -0.1) is 11.8 Å². The zero-order valence-electron chi connectivity index (χ0n) is 14.9. The van der Waals surface area contributed by atoms with Crippen molar-refractivity contribution < 1.29 is 14.4 Å². The highest BCUT2D eigenvalue weighted by Crippen LogP contribution is 2.59. The zero-order valence-corrected chi connectivity index (χ0v) is 14.9. The van der Waals surface area contributed by atoms with Crippen LogP contribution in [-0.4, -0.2) is 25.4 Å². The highest BCUT2D eigenvalue weighted by atomic mass is 16.6. The Bertz CT molecular complexity index is 512. The molecular formula is C19H29NO3. The van der Waals surface area contributed by atoms with E-state index < -0.39 is 0 Å². The minimum Gasteiger partial charge on any atom is -0.466 e. The van der Waals surface area contributed by atoms with Gasteiger partial charge < -0.3 is 9.57 Å². The van der Waals surface area contributed by atoms with Gasteiger partial charge in [0.05, 0.1) is 12.3 Å². The molecule has 3 atom stereocenters. The van der Waals surface area contributed by atoms with Crippen LogP contribution in [0.3, 0.4) is 0 Å². The van der Waals surface area contributed by atoms with E-state index >= 15 is 0 Å². The minimum absolute atomic E-state index is 0.126. The van der Waals surface area contributed by atoms with E-state index in [1.807, 2.05) is 6.92 Å². The van der Waals surface area contributed by atoms with Crippen LogP contribution < -0.4 is 0 Å². The molecule has 0 radical (unpaired) electrons. The molecule has 3 fully saturated rings. The van der Waals surface area contributed by atoms with Gasteiger partial charge in [-0.3, -0.25) is 4.79 Å². The first-order valence-electron chi connectivity index (χ1n) is 8.73. The van der Waals surface area contributed by atoms with Crippen LogP contribution in [0.1, 0.15) is 59.3 Å². The monoisotopic (exact) mass is 319 g/mol. The van der Waals surface area contributed by atoms with E-state index in [-0.39, 0.29) is 5.97 Å². The lowest BCUT2D eigenvalue weighted by molar-refractivity contribution is -0.143. The second-order valence-electron chi connectivity index (χ2n) is 7.15. The van der Waals surface area contributed by atoms with Gasteiger partial charge in [-0.1, -0.05) is 19.0 Å². The van der Waals surface area contributed by atoms with Crippen LogP contribution in [0.4, 0.5) is 0 Å². The molecule has 0 N–H and O–H groups in total. The summed E-state index contributed by atoms with van der Waals surface area (Å²) in [6.07, 6.45) is 5.25. The third kappa shape index (κ3) is 4.07. The molecule has 23 heavy (non-hydrogen) atoms. The summed E-state index contributed by atoms with van der Waals surface area (Å²) in [6.45, 7) is 6.96. The van der Waals surface area contributed by atoms with Gasteiger partial charge in [-0.05, 0) is 37.5 Å². The summed E-state index contributed by atoms with van der Waals surface area (Å²) in [5, 5.41) is 4.33. The zero-order chi connectivity index (χ0) is 16.9. The summed E-state index contributed by atoms with van der Waals surface area (Å²) in [5.74, 6) is 8.12. The highest BCUT2D eigenvalue weighted by Gasteiger charge is 2.56. The van der Waals surface area contributed by atoms with Crippen molar-refractivity contribution in [1.82, 2.24) is 0 Å². The van der Waals surface area contributed by atoms with Gasteiger partial charge in [0.2, 0.25) is 0 Å². The number of rotatable bonds is 6. The Morgan fingerprint density at radius 2 is 2.13 bits per heavy atom. The van der Waals surface area contributed by atoms with Crippen molar-refractivity contribution in [2.45, 2.75) is 59.3 Å². The molecule has 0 aromatic heterocycles. The van der Waals surface area contributed by atoms with E-state index in [1.165, 1.54) is 18.6 Å². The van der Waals surface area contributed by atoms with Crippen LogP contribution in [0.25, 0.3) is 0 Å². The lowest BCUT2D eigenvalue weighted by Gasteiger charge is -2.58. The van der Waals surface area contributed by atoms with Gasteiger partial charge in [0.25, 0.3) is 0 Å². The van der Waals surface area contributed by atoms with Crippen LogP contribution >= 0.6 is 0 Å². The first-order chi connectivity index (χ1) is 11.0. The molecule has 3 aliphatic carbocycles. The topological polar surface area (TPSA) is 47.9 Å². The van der Waals surface area contributed by atoms with Crippen molar-refractivity contribution >= 4 is 11.7 Å². The second kappa shape index (κ2) is 7.86. The van der Waals surface area contributed by atoms with Gasteiger partial charge in [-0.2, -0.15) is 0 Å². The number of unbranched alkanes of at least 4 members (excludes halogenated alkanes) is 1. The SMILES string of the molecule is CCOC(=O)CCCC#CC[C@H]1C[C@H]2C[C@@H](/C1=N/OC)C2(C)C. The Balaban J connectivity index is 1.79. The molecule has 3 rings (SSSR count). The maximum absolute atomic E-state index is 11.2. The quantitative estimate of drug-likeness (QED) is 0.324. The Morgan fingerprint density at radius 3 is 2.78 bits per heavy atom. The highest BCUT2D eigenvalue weighted by molar-refractivity contribution is 5.91. The summed E-state index contributed by atoms with van der Waals surface area (Å²) in [5.41, 5.74) is 1.57. The Hall–Kier alpha value is -1.50. The summed E-state index contributed by atoms with van der Waals surface area (Å²) in [4.78, 5) is 16.3. The minimum atomic E-state index is -0.126. The lowest BCUT2D eigenvalue weighted by atomic mass is 9.46. The normalized spacial score (nSPS) is 29.2. The number of hydrogen-bond acceptors (Lipinski definition) is 4. The number of hydrogen-bond donors (Lipinski definition) is 0. The molecule has 4 nitrogen and oxygen atoms in total. The summed E-state index contributed by atoms with van der Waals surface area (Å²) in [6, 6.07) is 0. The Labute approximate surface area is 140 Å². The third-order valence-electron chi connectivity index (χ3n) is 5.47. The number of fused-ring (bicyclic) bond motifs is 2. The number of ether oxygens (including phenoxy) is 1. The molecule has 0 unspecified atom stereocenters. The van der Waals surface area contributed by atoms with Gasteiger partial charge in [-0.25, -0.2) is 0 Å². The van der Waals surface area contributed by atoms with E-state index in [1.54, 1.807) is 7.11 Å². The smallest absolute Gasteiger partial charge is 0.305 e. The summed E-state index contributed by atoms with van der Waals surface area (Å²) in [7, 11) is 1.63. The van der Waals surface area contributed by atoms with Gasteiger partial charge >= 0.3 is 5.97 Å². The fourth-order valence-corrected chi connectivity index (χ4v) is 3.94. The molecule has 128 valence electrons. The first kappa shape index (κ1) is 17.8. The molecule has 3 aliphatic rings. The molecule has 0 aromatic carbocycles. The van der Waals surface area contributed by atoms with Crippen molar-refractivity contribution in [3.63, 3.8) is 0 Å². The predicted octanol–water partition coefficient (Wildman–Crippen LogP) is 3.80. The van der Waals surface area contributed by atoms with Crippen LogP contribution in [-0.2, 0) is 14.4 Å². The van der Waals surface area contributed by atoms with Crippen LogP contribution in [0.15, 0.2) is 5.16 Å². The Kier molecular flexibility index (Phi) is 6.10. The van der Waals surface area contributed by atoms with Crippen LogP contribution in [0.2, 0.25) is 0 Å². The van der Waals surface area contributed by atoms with Crippen molar-refractivity contribution in [2.24, 2.45) is 28.3 Å². The molecule has 0 aromatic rings. The van der Waals surface area contributed by atoms with E-state index in [2.05, 4.69) is 30.8 Å². The molecular weight excluding hydrogens is 290 g/mol. The Morgan fingerprint density at radius 1 is 1.35 bits per heavy atom. The molecule has 4 heteroatoms. The molecule has 0 spiro atoms. The van der Waals surface area contributed by atoms with Crippen molar-refractivity contribution in [1.29, 1.82) is 0 Å². The fraction of sp³-hybridized carbons (Fsp3) is 0.789. The second-order valence-corrected chi connectivity index (χ2v) is 7.15. The molecule has 0 aliphatic heterocycles. The van der Waals surface area contributed by atoms with Crippen LogP contribution in [0.5, 0.6) is 0 Å². The average Bonchev–Trinajstić information content (AvgIpc) is 2.51. The number of nitrogens with zero attached hydrogens (tertiary/aromatic N) is 1. The van der Waals surface area contributed by atoms with Crippen molar-refractivity contribution in [3.8, 4) is 11.8 Å². The molecule has 0 saturated heterocycles. The van der Waals surface area contributed by atoms with Gasteiger partial charge in [0.15, 0.2) is 0 Å². The number of esters is 1. The van der Waals surface area contributed by atoms with Gasteiger partial charge in [0, 0.05) is 31.1 Å². The lowest BCUT2D eigenvalue weighted by Crippen LogP contribution is -2.56. The molecule has 3 saturated carbocycles. The number of carbonyl (C=O) groups is 1. The van der Waals surface area contributed by atoms with E-state index in [0.29, 0.717) is 30.3 Å². The number of oxime groups is 1. The standard InChI is InChI=1S/C19H29NO3/c1-5-23-17(21)11-9-7-6-8-10-14-12-15-13-16(19(15,2)3)18(14)20-22-4/h14-16H,5,7,9-13H2,1-4H3/b20-18+/t14-,15-,16-/m0/s1. The van der Waals surface area contributed by atoms with E-state index in [4.69, 9.17) is 9.57 Å². The fourth-order valence-electron chi connectivity index (χ4n) is 3.94. The molecule has 0 heterocycles. The molecule has 0 amide bonds. The third-order valence-corrected chi connectivity index (χ3v) is 5.47. The van der Waals surface area contributed by atoms with Gasteiger partial charge in [0.1, 0.15) is 7.11 Å². The van der Waals surface area contributed by atoms with Crippen LogP contribution in [0, 0.1) is 35.0 Å². The first-order valence-corrected chi connectivity index (χ1v) is 8.73. The maximum Gasteiger partial charge on any atom is 0.305 e. The largest absolute Gasteiger partial charge is 0.466 e. The van der Waals surface area contributed by atoms with Crippen molar-refractivity contribution in [3.05, 3.63) is 0 Å². The number of carbonyl (C=O) groups excluding carboxylic acids is 1.